The van der Waals surface area contributed by atoms with E-state index >= 15 is 0 Å². The highest BCUT2D eigenvalue weighted by atomic mass is 16.7. The van der Waals surface area contributed by atoms with E-state index in [-0.39, 0.29) is 11.3 Å². The maximum Gasteiger partial charge on any atom is 0.170 e. The van der Waals surface area contributed by atoms with Crippen LogP contribution in [0.25, 0.3) is 0 Å². The fraction of sp³-hybridized carbons (Fsp3) is 0.929. The summed E-state index contributed by atoms with van der Waals surface area (Å²) in [7, 11) is 0. The van der Waals surface area contributed by atoms with Crippen molar-refractivity contribution in [1.82, 2.24) is 4.90 Å². The molecule has 0 aromatic rings. The van der Waals surface area contributed by atoms with Crippen molar-refractivity contribution in [3.05, 3.63) is 0 Å². The lowest BCUT2D eigenvalue weighted by atomic mass is 9.80. The lowest BCUT2D eigenvalue weighted by molar-refractivity contribution is -0.191. The largest absolute Gasteiger partial charge is 0.347 e. The van der Waals surface area contributed by atoms with Crippen LogP contribution < -0.4 is 0 Å². The number of nitrogens with zero attached hydrogens (tertiary/aromatic N) is 2. The molecule has 2 saturated heterocycles. The molecular formula is C14H22N2O2. The molecule has 100 valence electrons. The normalized spacial score (nSPS) is 31.3. The van der Waals surface area contributed by atoms with E-state index in [1.54, 1.807) is 0 Å². The minimum Gasteiger partial charge on any atom is -0.347 e. The fourth-order valence-electron chi connectivity index (χ4n) is 3.70. The second-order valence-electron chi connectivity index (χ2n) is 5.80. The number of nitriles is 1. The zero-order valence-corrected chi connectivity index (χ0v) is 11.0. The molecule has 0 aromatic carbocycles. The molecule has 1 spiro atoms. The van der Waals surface area contributed by atoms with Crippen LogP contribution in [-0.2, 0) is 9.47 Å². The maximum atomic E-state index is 9.60. The summed E-state index contributed by atoms with van der Waals surface area (Å²) in [4.78, 5) is 2.39. The molecule has 2 heterocycles. The smallest absolute Gasteiger partial charge is 0.170 e. The van der Waals surface area contributed by atoms with Crippen molar-refractivity contribution in [1.29, 1.82) is 5.26 Å². The van der Waals surface area contributed by atoms with E-state index < -0.39 is 0 Å². The summed E-state index contributed by atoms with van der Waals surface area (Å²) in [5, 5.41) is 9.60. The summed E-state index contributed by atoms with van der Waals surface area (Å²) in [5.41, 5.74) is -0.196. The number of hydrogen-bond acceptors (Lipinski definition) is 4. The SMILES string of the molecule is N#CC1(N2CCC3(CC2)OCCO3)CCCCC1. The molecule has 4 heteroatoms. The van der Waals surface area contributed by atoms with Crippen LogP contribution in [-0.4, -0.2) is 42.5 Å². The van der Waals surface area contributed by atoms with Crippen molar-refractivity contribution >= 4 is 0 Å². The van der Waals surface area contributed by atoms with Gasteiger partial charge in [-0.3, -0.25) is 4.90 Å². The van der Waals surface area contributed by atoms with E-state index in [1.807, 2.05) is 0 Å². The minimum atomic E-state index is -0.318. The average molecular weight is 250 g/mol. The Labute approximate surface area is 109 Å². The van der Waals surface area contributed by atoms with Crippen LogP contribution in [0.3, 0.4) is 0 Å². The summed E-state index contributed by atoms with van der Waals surface area (Å²) in [6.45, 7) is 3.33. The molecule has 0 amide bonds. The summed E-state index contributed by atoms with van der Waals surface area (Å²) in [5.74, 6) is -0.318. The summed E-state index contributed by atoms with van der Waals surface area (Å²) in [6, 6.07) is 2.61. The Bertz CT molecular complexity index is 328. The number of likely N-dealkylation sites (tertiary alicyclic amines) is 1. The number of hydrogen-bond donors (Lipinski definition) is 0. The molecule has 1 saturated carbocycles. The second-order valence-corrected chi connectivity index (χ2v) is 5.80. The fourth-order valence-corrected chi connectivity index (χ4v) is 3.70. The van der Waals surface area contributed by atoms with Crippen molar-refractivity contribution in [2.24, 2.45) is 0 Å². The van der Waals surface area contributed by atoms with Crippen LogP contribution in [0.1, 0.15) is 44.9 Å². The van der Waals surface area contributed by atoms with Gasteiger partial charge in [-0.15, -0.1) is 0 Å². The van der Waals surface area contributed by atoms with Gasteiger partial charge in [0.25, 0.3) is 0 Å². The Balaban J connectivity index is 1.66. The van der Waals surface area contributed by atoms with Crippen molar-refractivity contribution in [3.63, 3.8) is 0 Å². The summed E-state index contributed by atoms with van der Waals surface area (Å²) < 4.78 is 11.5. The Kier molecular flexibility index (Phi) is 3.31. The Morgan fingerprint density at radius 1 is 0.889 bits per heavy atom. The van der Waals surface area contributed by atoms with E-state index in [9.17, 15) is 5.26 Å². The molecule has 0 radical (unpaired) electrons. The van der Waals surface area contributed by atoms with Crippen molar-refractivity contribution in [2.45, 2.75) is 56.3 Å². The third kappa shape index (κ3) is 2.05. The highest BCUT2D eigenvalue weighted by molar-refractivity contribution is 5.10. The van der Waals surface area contributed by atoms with Gasteiger partial charge in [-0.1, -0.05) is 19.3 Å². The molecular weight excluding hydrogens is 228 g/mol. The Hall–Kier alpha value is -0.630. The van der Waals surface area contributed by atoms with Crippen LogP contribution in [0.5, 0.6) is 0 Å². The van der Waals surface area contributed by atoms with Gasteiger partial charge in [0, 0.05) is 25.9 Å². The number of piperidine rings is 1. The first-order valence-electron chi connectivity index (χ1n) is 7.23. The van der Waals surface area contributed by atoms with E-state index in [0.29, 0.717) is 0 Å². The van der Waals surface area contributed by atoms with E-state index in [1.165, 1.54) is 19.3 Å². The first-order valence-corrected chi connectivity index (χ1v) is 7.23. The monoisotopic (exact) mass is 250 g/mol. The van der Waals surface area contributed by atoms with E-state index in [0.717, 1.165) is 52.0 Å². The van der Waals surface area contributed by atoms with Gasteiger partial charge in [0.1, 0.15) is 5.54 Å². The minimum absolute atomic E-state index is 0.196. The lowest BCUT2D eigenvalue weighted by Gasteiger charge is -2.46. The molecule has 3 rings (SSSR count). The zero-order chi connectivity index (χ0) is 12.5. The first kappa shape index (κ1) is 12.4. The first-order chi connectivity index (χ1) is 8.79. The molecule has 0 atom stereocenters. The molecule has 0 N–H and O–H groups in total. The van der Waals surface area contributed by atoms with Crippen molar-refractivity contribution < 1.29 is 9.47 Å². The Morgan fingerprint density at radius 2 is 1.50 bits per heavy atom. The molecule has 0 bridgehead atoms. The van der Waals surface area contributed by atoms with Crippen LogP contribution in [0.4, 0.5) is 0 Å². The number of rotatable bonds is 1. The van der Waals surface area contributed by atoms with Gasteiger partial charge in [-0.2, -0.15) is 5.26 Å². The van der Waals surface area contributed by atoms with E-state index in [2.05, 4.69) is 11.0 Å². The molecule has 3 fully saturated rings. The molecule has 0 aromatic heterocycles. The van der Waals surface area contributed by atoms with Crippen LogP contribution in [0.2, 0.25) is 0 Å². The van der Waals surface area contributed by atoms with Gasteiger partial charge in [-0.25, -0.2) is 0 Å². The van der Waals surface area contributed by atoms with Gasteiger partial charge < -0.3 is 9.47 Å². The van der Waals surface area contributed by atoms with Gasteiger partial charge in [0.2, 0.25) is 0 Å². The highest BCUT2D eigenvalue weighted by Gasteiger charge is 2.46. The molecule has 2 aliphatic heterocycles. The quantitative estimate of drug-likeness (QED) is 0.714. The lowest BCUT2D eigenvalue weighted by Crippen LogP contribution is -2.55. The van der Waals surface area contributed by atoms with Gasteiger partial charge in [-0.05, 0) is 12.8 Å². The molecule has 18 heavy (non-hydrogen) atoms. The second kappa shape index (κ2) is 4.80. The molecule has 4 nitrogen and oxygen atoms in total. The summed E-state index contributed by atoms with van der Waals surface area (Å²) in [6.07, 6.45) is 7.58. The predicted molar refractivity (Wildman–Crippen MR) is 66.9 cm³/mol. The van der Waals surface area contributed by atoms with Gasteiger partial charge in [0.05, 0.1) is 19.3 Å². The van der Waals surface area contributed by atoms with Crippen molar-refractivity contribution in [2.75, 3.05) is 26.3 Å². The standard InChI is InChI=1S/C14H22N2O2/c15-12-13(4-2-1-3-5-13)16-8-6-14(7-9-16)17-10-11-18-14/h1-11H2. The van der Waals surface area contributed by atoms with Crippen molar-refractivity contribution in [3.8, 4) is 6.07 Å². The number of ether oxygens (including phenoxy) is 2. The average Bonchev–Trinajstić information content (AvgIpc) is 2.89. The zero-order valence-electron chi connectivity index (χ0n) is 11.0. The Morgan fingerprint density at radius 3 is 2.06 bits per heavy atom. The molecule has 3 aliphatic rings. The van der Waals surface area contributed by atoms with Gasteiger partial charge >= 0.3 is 0 Å². The third-order valence-corrected chi connectivity index (χ3v) is 4.83. The predicted octanol–water partition coefficient (Wildman–Crippen LogP) is 2.05. The molecule has 0 unspecified atom stereocenters. The topological polar surface area (TPSA) is 45.5 Å². The third-order valence-electron chi connectivity index (χ3n) is 4.83. The van der Waals surface area contributed by atoms with Gasteiger partial charge in [0.15, 0.2) is 5.79 Å². The molecule has 1 aliphatic carbocycles. The maximum absolute atomic E-state index is 9.60. The van der Waals surface area contributed by atoms with Crippen LogP contribution in [0, 0.1) is 11.3 Å². The van der Waals surface area contributed by atoms with Crippen LogP contribution >= 0.6 is 0 Å². The summed E-state index contributed by atoms with van der Waals surface area (Å²) >= 11 is 0. The van der Waals surface area contributed by atoms with Crippen LogP contribution in [0.15, 0.2) is 0 Å². The highest BCUT2D eigenvalue weighted by Crippen LogP contribution is 2.39. The van der Waals surface area contributed by atoms with E-state index in [4.69, 9.17) is 9.47 Å².